The molecule has 160 valence electrons. The van der Waals surface area contributed by atoms with Gasteiger partial charge < -0.3 is 4.90 Å². The van der Waals surface area contributed by atoms with Crippen LogP contribution < -0.4 is 4.72 Å². The number of benzene rings is 2. The molecule has 2 fully saturated rings. The molecule has 8 heteroatoms. The Morgan fingerprint density at radius 3 is 2.43 bits per heavy atom. The van der Waals surface area contributed by atoms with E-state index in [1.807, 2.05) is 19.1 Å². The van der Waals surface area contributed by atoms with Gasteiger partial charge in [-0.1, -0.05) is 30.3 Å². The fraction of sp³-hybridized carbons (Fsp3) is 0.409. The van der Waals surface area contributed by atoms with Crippen molar-refractivity contribution in [2.24, 2.45) is 5.92 Å². The Hall–Kier alpha value is -2.32. The van der Waals surface area contributed by atoms with E-state index >= 15 is 0 Å². The van der Waals surface area contributed by atoms with Crippen LogP contribution in [0, 0.1) is 17.6 Å². The molecule has 4 rings (SSSR count). The molecule has 2 aliphatic rings. The maximum absolute atomic E-state index is 14.4. The Labute approximate surface area is 175 Å². The summed E-state index contributed by atoms with van der Waals surface area (Å²) in [4.78, 5) is 14.8. The van der Waals surface area contributed by atoms with Crippen LogP contribution in [0.3, 0.4) is 0 Å². The second-order valence-electron chi connectivity index (χ2n) is 8.19. The van der Waals surface area contributed by atoms with Gasteiger partial charge in [-0.05, 0) is 48.9 Å². The minimum atomic E-state index is -3.35. The molecule has 1 N–H and O–H groups in total. The van der Waals surface area contributed by atoms with E-state index < -0.39 is 21.7 Å². The summed E-state index contributed by atoms with van der Waals surface area (Å²) in [7, 11) is -3.35. The highest BCUT2D eigenvalue weighted by molar-refractivity contribution is 7.88. The molecule has 1 amide bonds. The lowest BCUT2D eigenvalue weighted by Gasteiger charge is -2.25. The van der Waals surface area contributed by atoms with Crippen molar-refractivity contribution in [2.75, 3.05) is 12.8 Å². The molecule has 2 aromatic rings. The molecule has 1 aliphatic heterocycles. The molecule has 0 spiro atoms. The molecule has 2 aromatic carbocycles. The van der Waals surface area contributed by atoms with E-state index in [4.69, 9.17) is 0 Å². The molecule has 0 aromatic heterocycles. The molecule has 5 nitrogen and oxygen atoms in total. The van der Waals surface area contributed by atoms with Gasteiger partial charge in [0.1, 0.15) is 11.6 Å². The average molecular weight is 435 g/mol. The van der Waals surface area contributed by atoms with E-state index in [-0.39, 0.29) is 35.4 Å². The third-order valence-corrected chi connectivity index (χ3v) is 6.83. The molecule has 2 unspecified atom stereocenters. The van der Waals surface area contributed by atoms with Gasteiger partial charge in [0.15, 0.2) is 0 Å². The van der Waals surface area contributed by atoms with Gasteiger partial charge in [0, 0.05) is 24.5 Å². The van der Waals surface area contributed by atoms with Crippen LogP contribution in [0.2, 0.25) is 0 Å². The third-order valence-electron chi connectivity index (χ3n) is 6.10. The lowest BCUT2D eigenvalue weighted by molar-refractivity contribution is -0.133. The summed E-state index contributed by atoms with van der Waals surface area (Å²) in [5.41, 5.74) is 1.16. The monoisotopic (exact) mass is 434 g/mol. The number of likely N-dealkylation sites (tertiary alicyclic amines) is 1. The van der Waals surface area contributed by atoms with Gasteiger partial charge in [-0.25, -0.2) is 21.9 Å². The van der Waals surface area contributed by atoms with Gasteiger partial charge in [-0.15, -0.1) is 0 Å². The van der Waals surface area contributed by atoms with Crippen LogP contribution in [0.1, 0.15) is 31.2 Å². The van der Waals surface area contributed by atoms with E-state index in [2.05, 4.69) is 4.72 Å². The van der Waals surface area contributed by atoms with Crippen LogP contribution in [-0.2, 0) is 14.8 Å². The normalized spacial score (nSPS) is 26.1. The smallest absolute Gasteiger partial charge is 0.226 e. The van der Waals surface area contributed by atoms with Gasteiger partial charge in [0.05, 0.1) is 11.8 Å². The number of carbonyl (C=O) groups excluding carboxylic acids is 1. The highest BCUT2D eigenvalue weighted by Gasteiger charge is 2.49. The van der Waals surface area contributed by atoms with Crippen molar-refractivity contribution in [3.8, 4) is 11.1 Å². The van der Waals surface area contributed by atoms with E-state index in [1.165, 1.54) is 18.2 Å². The highest BCUT2D eigenvalue weighted by atomic mass is 32.2. The van der Waals surface area contributed by atoms with E-state index in [0.717, 1.165) is 11.8 Å². The molecule has 4 atom stereocenters. The average Bonchev–Trinajstić information content (AvgIpc) is 3.39. The molecule has 30 heavy (non-hydrogen) atoms. The van der Waals surface area contributed by atoms with Crippen LogP contribution >= 0.6 is 0 Å². The molecule has 1 heterocycles. The van der Waals surface area contributed by atoms with Crippen LogP contribution in [0.25, 0.3) is 11.1 Å². The number of nitrogens with one attached hydrogen (secondary N) is 1. The zero-order valence-electron chi connectivity index (χ0n) is 16.8. The number of rotatable bonds is 5. The maximum Gasteiger partial charge on any atom is 0.226 e. The molecular weight excluding hydrogens is 410 g/mol. The first kappa shape index (κ1) is 20.9. The van der Waals surface area contributed by atoms with Crippen LogP contribution in [0.5, 0.6) is 0 Å². The summed E-state index contributed by atoms with van der Waals surface area (Å²) in [6, 6.07) is 10.3. The summed E-state index contributed by atoms with van der Waals surface area (Å²) >= 11 is 0. The number of carbonyl (C=O) groups is 1. The highest BCUT2D eigenvalue weighted by Crippen LogP contribution is 2.52. The van der Waals surface area contributed by atoms with E-state index in [9.17, 15) is 22.0 Å². The standard InChI is InChI=1S/C22H24F2N2O3S/c1-13-20(25-30(2,28)29)10-11-26(13)22(27)17-12-16(17)14-6-3-4-7-15(14)21-18(23)8-5-9-19(21)24/h3-9,13,16-17,20,25H,10-12H2,1-2H3/t13?,16-,17+,20?/m0/s1. The first-order chi connectivity index (χ1) is 14.2. The van der Waals surface area contributed by atoms with Crippen molar-refractivity contribution in [1.82, 2.24) is 9.62 Å². The van der Waals surface area contributed by atoms with Gasteiger partial charge in [0.25, 0.3) is 0 Å². The fourth-order valence-corrected chi connectivity index (χ4v) is 5.38. The zero-order chi connectivity index (χ0) is 21.6. The quantitative estimate of drug-likeness (QED) is 0.786. The van der Waals surface area contributed by atoms with Gasteiger partial charge in [-0.2, -0.15) is 0 Å². The van der Waals surface area contributed by atoms with Crippen molar-refractivity contribution < 1.29 is 22.0 Å². The Morgan fingerprint density at radius 1 is 1.10 bits per heavy atom. The van der Waals surface area contributed by atoms with Crippen molar-refractivity contribution in [3.63, 3.8) is 0 Å². The van der Waals surface area contributed by atoms with Gasteiger partial charge in [0.2, 0.25) is 15.9 Å². The first-order valence-corrected chi connectivity index (χ1v) is 11.9. The van der Waals surface area contributed by atoms with Gasteiger partial charge in [-0.3, -0.25) is 4.79 Å². The molecule has 1 saturated carbocycles. The second-order valence-corrected chi connectivity index (χ2v) is 9.97. The van der Waals surface area contributed by atoms with Crippen LogP contribution in [-0.4, -0.2) is 44.1 Å². The number of hydrogen-bond donors (Lipinski definition) is 1. The Bertz CT molecular complexity index is 1070. The van der Waals surface area contributed by atoms with Crippen molar-refractivity contribution in [1.29, 1.82) is 0 Å². The fourth-order valence-electron chi connectivity index (χ4n) is 4.51. The van der Waals surface area contributed by atoms with Crippen molar-refractivity contribution in [2.45, 2.75) is 37.8 Å². The summed E-state index contributed by atoms with van der Waals surface area (Å²) in [6.07, 6.45) is 2.29. The molecular formula is C22H24F2N2O3S. The van der Waals surface area contributed by atoms with E-state index in [0.29, 0.717) is 24.9 Å². The summed E-state index contributed by atoms with van der Waals surface area (Å²) in [5, 5.41) is 0. The first-order valence-electron chi connectivity index (χ1n) is 9.98. The molecule has 1 saturated heterocycles. The predicted molar refractivity (Wildman–Crippen MR) is 110 cm³/mol. The van der Waals surface area contributed by atoms with Crippen molar-refractivity contribution in [3.05, 3.63) is 59.7 Å². The molecule has 0 radical (unpaired) electrons. The van der Waals surface area contributed by atoms with Gasteiger partial charge >= 0.3 is 0 Å². The minimum absolute atomic E-state index is 0.0332. The Morgan fingerprint density at radius 2 is 1.77 bits per heavy atom. The Balaban J connectivity index is 1.54. The second kappa shape index (κ2) is 7.74. The minimum Gasteiger partial charge on any atom is -0.338 e. The van der Waals surface area contributed by atoms with Crippen molar-refractivity contribution >= 4 is 15.9 Å². The number of hydrogen-bond acceptors (Lipinski definition) is 3. The molecule has 0 bridgehead atoms. The predicted octanol–water partition coefficient (Wildman–Crippen LogP) is 3.27. The topological polar surface area (TPSA) is 66.5 Å². The Kier molecular flexibility index (Phi) is 5.40. The third kappa shape index (κ3) is 3.98. The lowest BCUT2D eigenvalue weighted by atomic mass is 9.95. The summed E-state index contributed by atoms with van der Waals surface area (Å²) < 4.78 is 54.4. The van der Waals surface area contributed by atoms with Crippen LogP contribution in [0.15, 0.2) is 42.5 Å². The number of halogens is 2. The number of sulfonamides is 1. The largest absolute Gasteiger partial charge is 0.338 e. The zero-order valence-corrected chi connectivity index (χ0v) is 17.6. The van der Waals surface area contributed by atoms with E-state index in [1.54, 1.807) is 17.0 Å². The summed E-state index contributed by atoms with van der Waals surface area (Å²) in [5.74, 6) is -1.67. The molecule has 1 aliphatic carbocycles. The van der Waals surface area contributed by atoms with Crippen LogP contribution in [0.4, 0.5) is 8.78 Å². The summed E-state index contributed by atoms with van der Waals surface area (Å²) in [6.45, 7) is 2.33. The maximum atomic E-state index is 14.4. The number of amides is 1. The number of nitrogens with zero attached hydrogens (tertiary/aromatic N) is 1. The lowest BCUT2D eigenvalue weighted by Crippen LogP contribution is -2.45. The SMILES string of the molecule is CC1C(NS(C)(=O)=O)CCN1C(=O)[C@@H]1C[C@H]1c1ccccc1-c1c(F)cccc1F.